The molecule has 2 aromatic rings. The van der Waals surface area contributed by atoms with Crippen molar-refractivity contribution in [1.82, 2.24) is 9.47 Å². The van der Waals surface area contributed by atoms with Gasteiger partial charge in [-0.2, -0.15) is 0 Å². The fourth-order valence-electron chi connectivity index (χ4n) is 3.30. The van der Waals surface area contributed by atoms with E-state index in [4.69, 9.17) is 16.3 Å². The van der Waals surface area contributed by atoms with E-state index in [-0.39, 0.29) is 5.91 Å². The van der Waals surface area contributed by atoms with Gasteiger partial charge in [0.25, 0.3) is 0 Å². The molecule has 1 saturated heterocycles. The van der Waals surface area contributed by atoms with Crippen molar-refractivity contribution in [2.75, 3.05) is 25.5 Å². The number of halogens is 1. The van der Waals surface area contributed by atoms with Crippen molar-refractivity contribution in [2.45, 2.75) is 18.9 Å². The lowest BCUT2D eigenvalue weighted by Crippen LogP contribution is -2.33. The summed E-state index contributed by atoms with van der Waals surface area (Å²) < 4.78 is 7.25. The molecule has 1 atom stereocenters. The largest absolute Gasteiger partial charge is 0.495 e. The Morgan fingerprint density at radius 1 is 1.42 bits per heavy atom. The molecule has 1 aromatic carbocycles. The Morgan fingerprint density at radius 2 is 2.25 bits per heavy atom. The molecule has 3 rings (SSSR count). The molecule has 0 radical (unpaired) electrons. The van der Waals surface area contributed by atoms with Crippen LogP contribution in [0, 0.1) is 0 Å². The maximum absolute atomic E-state index is 12.4. The van der Waals surface area contributed by atoms with Crippen molar-refractivity contribution >= 4 is 23.2 Å². The van der Waals surface area contributed by atoms with Crippen LogP contribution in [0.2, 0.25) is 5.02 Å². The van der Waals surface area contributed by atoms with Gasteiger partial charge in [0.1, 0.15) is 5.75 Å². The minimum absolute atomic E-state index is 0.0302. The zero-order chi connectivity index (χ0) is 17.1. The van der Waals surface area contributed by atoms with Gasteiger partial charge in [0.05, 0.1) is 24.7 Å². The lowest BCUT2D eigenvalue weighted by molar-refractivity contribution is -0.117. The highest BCUT2D eigenvalue weighted by atomic mass is 35.5. The number of nitrogens with zero attached hydrogens (tertiary/aromatic N) is 2. The van der Waals surface area contributed by atoms with E-state index in [2.05, 4.69) is 20.9 Å². The quantitative estimate of drug-likeness (QED) is 0.901. The zero-order valence-corrected chi connectivity index (χ0v) is 14.7. The van der Waals surface area contributed by atoms with Gasteiger partial charge in [0.15, 0.2) is 0 Å². The van der Waals surface area contributed by atoms with E-state index in [9.17, 15) is 4.79 Å². The Hall–Kier alpha value is -1.98. The second kappa shape index (κ2) is 7.28. The predicted octanol–water partition coefficient (Wildman–Crippen LogP) is 3.46. The van der Waals surface area contributed by atoms with Gasteiger partial charge in [0.2, 0.25) is 5.91 Å². The second-order valence-corrected chi connectivity index (χ2v) is 6.48. The molecule has 0 saturated carbocycles. The minimum Gasteiger partial charge on any atom is -0.495 e. The van der Waals surface area contributed by atoms with Crippen molar-refractivity contribution in [3.8, 4) is 5.75 Å². The fourth-order valence-corrected chi connectivity index (χ4v) is 3.56. The maximum Gasteiger partial charge on any atom is 0.238 e. The van der Waals surface area contributed by atoms with Gasteiger partial charge >= 0.3 is 0 Å². The van der Waals surface area contributed by atoms with Crippen LogP contribution in [0.5, 0.6) is 5.75 Å². The van der Waals surface area contributed by atoms with Crippen LogP contribution in [0.25, 0.3) is 0 Å². The molecule has 2 heterocycles. The van der Waals surface area contributed by atoms with Crippen molar-refractivity contribution in [1.29, 1.82) is 0 Å². The standard InChI is InChI=1S/C18H22ClN3O2/c1-21-9-3-5-15(21)16-6-4-10-22(16)12-18(23)20-13-7-8-17(24-2)14(19)11-13/h3,5,7-9,11,16H,4,6,10,12H2,1-2H3,(H,20,23)/t16-/m0/s1. The van der Waals surface area contributed by atoms with Crippen molar-refractivity contribution in [3.05, 3.63) is 47.2 Å². The molecule has 0 bridgehead atoms. The van der Waals surface area contributed by atoms with Gasteiger partial charge in [-0.3, -0.25) is 9.69 Å². The Balaban J connectivity index is 1.64. The highest BCUT2D eigenvalue weighted by Gasteiger charge is 2.28. The summed E-state index contributed by atoms with van der Waals surface area (Å²) in [6.45, 7) is 1.31. The number of ether oxygens (including phenoxy) is 1. The van der Waals surface area contributed by atoms with E-state index >= 15 is 0 Å². The zero-order valence-electron chi connectivity index (χ0n) is 14.0. The third-order valence-electron chi connectivity index (χ3n) is 4.47. The maximum atomic E-state index is 12.4. The number of rotatable bonds is 5. The van der Waals surface area contributed by atoms with Crippen molar-refractivity contribution in [2.24, 2.45) is 7.05 Å². The summed E-state index contributed by atoms with van der Waals surface area (Å²) in [4.78, 5) is 14.6. The number of carbonyl (C=O) groups excluding carboxylic acids is 1. The first-order valence-electron chi connectivity index (χ1n) is 8.07. The molecule has 0 spiro atoms. The molecule has 1 aliphatic heterocycles. The van der Waals surface area contributed by atoms with Crippen molar-refractivity contribution < 1.29 is 9.53 Å². The molecule has 128 valence electrons. The van der Waals surface area contributed by atoms with E-state index < -0.39 is 0 Å². The summed E-state index contributed by atoms with van der Waals surface area (Å²) in [5.74, 6) is 0.565. The number of benzene rings is 1. The van der Waals surface area contributed by atoms with Gasteiger partial charge in [0, 0.05) is 24.6 Å². The van der Waals surface area contributed by atoms with Gasteiger partial charge in [-0.1, -0.05) is 11.6 Å². The predicted molar refractivity (Wildman–Crippen MR) is 95.6 cm³/mol. The molecule has 1 N–H and O–H groups in total. The Morgan fingerprint density at radius 3 is 2.92 bits per heavy atom. The first-order valence-corrected chi connectivity index (χ1v) is 8.45. The van der Waals surface area contributed by atoms with Crippen LogP contribution in [0.4, 0.5) is 5.69 Å². The summed E-state index contributed by atoms with van der Waals surface area (Å²) in [6.07, 6.45) is 4.24. The summed E-state index contributed by atoms with van der Waals surface area (Å²) in [6, 6.07) is 9.73. The molecule has 6 heteroatoms. The minimum atomic E-state index is -0.0302. The third kappa shape index (κ3) is 3.57. The van der Waals surface area contributed by atoms with E-state index in [1.54, 1.807) is 25.3 Å². The summed E-state index contributed by atoms with van der Waals surface area (Å²) in [5.41, 5.74) is 1.94. The molecular formula is C18H22ClN3O2. The third-order valence-corrected chi connectivity index (χ3v) is 4.77. The Kier molecular flexibility index (Phi) is 5.11. The summed E-state index contributed by atoms with van der Waals surface area (Å²) in [7, 11) is 3.61. The van der Waals surface area contributed by atoms with Crippen LogP contribution >= 0.6 is 11.6 Å². The number of aromatic nitrogens is 1. The molecule has 1 amide bonds. The molecule has 1 aliphatic rings. The van der Waals surface area contributed by atoms with E-state index in [0.29, 0.717) is 29.0 Å². The number of hydrogen-bond acceptors (Lipinski definition) is 3. The van der Waals surface area contributed by atoms with Gasteiger partial charge in [-0.05, 0) is 49.7 Å². The molecule has 0 aliphatic carbocycles. The van der Waals surface area contributed by atoms with Crippen LogP contribution in [-0.2, 0) is 11.8 Å². The van der Waals surface area contributed by atoms with E-state index in [1.165, 1.54) is 5.69 Å². The molecule has 0 unspecified atom stereocenters. The van der Waals surface area contributed by atoms with Crippen LogP contribution < -0.4 is 10.1 Å². The molecule has 5 nitrogen and oxygen atoms in total. The van der Waals surface area contributed by atoms with E-state index in [0.717, 1.165) is 19.4 Å². The van der Waals surface area contributed by atoms with Crippen LogP contribution in [-0.4, -0.2) is 35.6 Å². The van der Waals surface area contributed by atoms with Crippen molar-refractivity contribution in [3.63, 3.8) is 0 Å². The summed E-state index contributed by atoms with van der Waals surface area (Å²) in [5, 5.41) is 3.40. The number of likely N-dealkylation sites (tertiary alicyclic amines) is 1. The van der Waals surface area contributed by atoms with Gasteiger partial charge < -0.3 is 14.6 Å². The Labute approximate surface area is 147 Å². The highest BCUT2D eigenvalue weighted by Crippen LogP contribution is 2.32. The number of hydrogen-bond donors (Lipinski definition) is 1. The lowest BCUT2D eigenvalue weighted by atomic mass is 10.1. The van der Waals surface area contributed by atoms with Crippen LogP contribution in [0.1, 0.15) is 24.6 Å². The molecular weight excluding hydrogens is 326 g/mol. The smallest absolute Gasteiger partial charge is 0.238 e. The average Bonchev–Trinajstić information content (AvgIpc) is 3.16. The number of nitrogens with one attached hydrogen (secondary N) is 1. The number of aryl methyl sites for hydroxylation is 1. The fraction of sp³-hybridized carbons (Fsp3) is 0.389. The molecule has 24 heavy (non-hydrogen) atoms. The van der Waals surface area contributed by atoms with Gasteiger partial charge in [-0.25, -0.2) is 0 Å². The molecule has 1 fully saturated rings. The van der Waals surface area contributed by atoms with Crippen LogP contribution in [0.15, 0.2) is 36.5 Å². The number of carbonyl (C=O) groups is 1. The monoisotopic (exact) mass is 347 g/mol. The molecule has 1 aromatic heterocycles. The first kappa shape index (κ1) is 16.9. The lowest BCUT2D eigenvalue weighted by Gasteiger charge is -2.24. The van der Waals surface area contributed by atoms with Gasteiger partial charge in [-0.15, -0.1) is 0 Å². The number of methoxy groups -OCH3 is 1. The summed E-state index contributed by atoms with van der Waals surface area (Å²) >= 11 is 6.10. The SMILES string of the molecule is COc1ccc(NC(=O)CN2CCC[C@H]2c2cccn2C)cc1Cl. The number of amides is 1. The van der Waals surface area contributed by atoms with E-state index in [1.807, 2.05) is 19.3 Å². The number of anilines is 1. The first-order chi connectivity index (χ1) is 11.6. The Bertz CT molecular complexity index is 729. The van der Waals surface area contributed by atoms with Crippen LogP contribution in [0.3, 0.4) is 0 Å². The second-order valence-electron chi connectivity index (χ2n) is 6.07. The topological polar surface area (TPSA) is 46.5 Å². The normalized spacial score (nSPS) is 17.9. The average molecular weight is 348 g/mol. The highest BCUT2D eigenvalue weighted by molar-refractivity contribution is 6.32.